The first kappa shape index (κ1) is 25.4. The van der Waals surface area contributed by atoms with Gasteiger partial charge in [-0.1, -0.05) is 44.2 Å². The number of anilines is 1. The molecular weight excluding hydrogens is 459 g/mol. The number of carbonyl (C=O) groups is 1. The van der Waals surface area contributed by atoms with Crippen molar-refractivity contribution in [3.8, 4) is 5.69 Å². The lowest BCUT2D eigenvalue weighted by Crippen LogP contribution is -2.47. The van der Waals surface area contributed by atoms with E-state index in [9.17, 15) is 18.8 Å². The SMILES string of the molecule is Cc1c(N2CCC(C(=O)NCc3ccc(F)cc3)CC2)c(=O)n(CC(C)C)c(=O)n1-c1ccccc1. The molecule has 0 saturated carbocycles. The first-order valence-electron chi connectivity index (χ1n) is 12.4. The van der Waals surface area contributed by atoms with Crippen LogP contribution in [-0.4, -0.2) is 28.1 Å². The fraction of sp³-hybridized carbons (Fsp3) is 0.393. The molecule has 0 spiro atoms. The van der Waals surface area contributed by atoms with E-state index in [0.717, 1.165) is 5.56 Å². The predicted molar refractivity (Wildman–Crippen MR) is 139 cm³/mol. The van der Waals surface area contributed by atoms with Crippen molar-refractivity contribution in [2.75, 3.05) is 18.0 Å². The number of benzene rings is 2. The highest BCUT2D eigenvalue weighted by atomic mass is 19.1. The fourth-order valence-electron chi connectivity index (χ4n) is 4.81. The summed E-state index contributed by atoms with van der Waals surface area (Å²) in [5, 5.41) is 2.94. The molecule has 1 saturated heterocycles. The van der Waals surface area contributed by atoms with Crippen LogP contribution in [-0.2, 0) is 17.9 Å². The molecule has 2 aromatic carbocycles. The minimum atomic E-state index is -0.337. The quantitative estimate of drug-likeness (QED) is 0.547. The van der Waals surface area contributed by atoms with Gasteiger partial charge in [-0.2, -0.15) is 0 Å². The number of nitrogens with one attached hydrogen (secondary N) is 1. The predicted octanol–water partition coefficient (Wildman–Crippen LogP) is 3.64. The van der Waals surface area contributed by atoms with E-state index in [-0.39, 0.29) is 34.8 Å². The zero-order chi connectivity index (χ0) is 25.8. The number of para-hydroxylation sites is 1. The second-order valence-electron chi connectivity index (χ2n) is 9.80. The Bertz CT molecular complexity index is 1320. The minimum absolute atomic E-state index is 0.0397. The van der Waals surface area contributed by atoms with Crippen molar-refractivity contribution in [1.29, 1.82) is 0 Å². The highest BCUT2D eigenvalue weighted by Crippen LogP contribution is 2.24. The monoisotopic (exact) mass is 492 g/mol. The number of carbonyl (C=O) groups excluding carboxylic acids is 1. The van der Waals surface area contributed by atoms with Gasteiger partial charge in [-0.25, -0.2) is 9.18 Å². The molecule has 190 valence electrons. The van der Waals surface area contributed by atoms with Crippen LogP contribution >= 0.6 is 0 Å². The molecule has 1 fully saturated rings. The summed E-state index contributed by atoms with van der Waals surface area (Å²) in [5.74, 6) is -0.383. The number of hydrogen-bond donors (Lipinski definition) is 1. The summed E-state index contributed by atoms with van der Waals surface area (Å²) in [7, 11) is 0. The first-order chi connectivity index (χ1) is 17.3. The topological polar surface area (TPSA) is 76.3 Å². The van der Waals surface area contributed by atoms with Crippen LogP contribution in [0.15, 0.2) is 64.2 Å². The Balaban J connectivity index is 1.55. The summed E-state index contributed by atoms with van der Waals surface area (Å²) in [4.78, 5) is 41.7. The lowest BCUT2D eigenvalue weighted by molar-refractivity contribution is -0.125. The van der Waals surface area contributed by atoms with Crippen LogP contribution in [0.3, 0.4) is 0 Å². The molecule has 0 unspecified atom stereocenters. The Hall–Kier alpha value is -3.68. The van der Waals surface area contributed by atoms with E-state index in [1.807, 2.05) is 56.0 Å². The maximum absolute atomic E-state index is 13.5. The number of nitrogens with zero attached hydrogens (tertiary/aromatic N) is 3. The summed E-state index contributed by atoms with van der Waals surface area (Å²) in [6, 6.07) is 15.4. The van der Waals surface area contributed by atoms with Gasteiger partial charge < -0.3 is 10.2 Å². The normalized spacial score (nSPS) is 14.3. The highest BCUT2D eigenvalue weighted by Gasteiger charge is 2.29. The molecule has 2 heterocycles. The molecule has 36 heavy (non-hydrogen) atoms. The maximum atomic E-state index is 13.5. The van der Waals surface area contributed by atoms with E-state index in [1.54, 1.807) is 16.7 Å². The molecule has 1 aliphatic heterocycles. The number of hydrogen-bond acceptors (Lipinski definition) is 4. The second kappa shape index (κ2) is 10.9. The smallest absolute Gasteiger partial charge is 0.335 e. The van der Waals surface area contributed by atoms with Crippen molar-refractivity contribution in [2.45, 2.75) is 46.7 Å². The van der Waals surface area contributed by atoms with Gasteiger partial charge in [0.25, 0.3) is 5.56 Å². The lowest BCUT2D eigenvalue weighted by Gasteiger charge is -2.34. The Labute approximate surface area is 210 Å². The average Bonchev–Trinajstić information content (AvgIpc) is 2.87. The largest absolute Gasteiger partial charge is 0.366 e. The van der Waals surface area contributed by atoms with Crippen LogP contribution in [0.25, 0.3) is 5.69 Å². The molecular formula is C28H33FN4O3. The van der Waals surface area contributed by atoms with Crippen LogP contribution < -0.4 is 21.5 Å². The molecule has 7 nitrogen and oxygen atoms in total. The van der Waals surface area contributed by atoms with Gasteiger partial charge in [-0.15, -0.1) is 0 Å². The number of aromatic nitrogens is 2. The summed E-state index contributed by atoms with van der Waals surface area (Å²) >= 11 is 0. The third kappa shape index (κ3) is 5.42. The number of halogens is 1. The molecule has 1 amide bonds. The van der Waals surface area contributed by atoms with Gasteiger partial charge in [0, 0.05) is 32.1 Å². The van der Waals surface area contributed by atoms with Gasteiger partial charge in [0.2, 0.25) is 5.91 Å². The molecule has 3 aromatic rings. The molecule has 0 bridgehead atoms. The molecule has 1 N–H and O–H groups in total. The van der Waals surface area contributed by atoms with Gasteiger partial charge in [0.15, 0.2) is 0 Å². The fourth-order valence-corrected chi connectivity index (χ4v) is 4.81. The minimum Gasteiger partial charge on any atom is -0.366 e. The Morgan fingerprint density at radius 3 is 2.28 bits per heavy atom. The summed E-state index contributed by atoms with van der Waals surface area (Å²) in [5.41, 5.74) is 2.06. The maximum Gasteiger partial charge on any atom is 0.335 e. The molecule has 0 radical (unpaired) electrons. The third-order valence-corrected chi connectivity index (χ3v) is 6.67. The van der Waals surface area contributed by atoms with Crippen LogP contribution in [0.5, 0.6) is 0 Å². The third-order valence-electron chi connectivity index (χ3n) is 6.67. The van der Waals surface area contributed by atoms with Crippen LogP contribution in [0.4, 0.5) is 10.1 Å². The summed E-state index contributed by atoms with van der Waals surface area (Å²) in [6.45, 7) is 7.54. The van der Waals surface area contributed by atoms with Gasteiger partial charge >= 0.3 is 5.69 Å². The van der Waals surface area contributed by atoms with E-state index in [0.29, 0.717) is 56.1 Å². The molecule has 0 atom stereocenters. The van der Waals surface area contributed by atoms with Gasteiger partial charge in [0.1, 0.15) is 11.5 Å². The zero-order valence-electron chi connectivity index (χ0n) is 21.0. The zero-order valence-corrected chi connectivity index (χ0v) is 21.0. The number of amides is 1. The van der Waals surface area contributed by atoms with Crippen molar-refractivity contribution < 1.29 is 9.18 Å². The lowest BCUT2D eigenvalue weighted by atomic mass is 9.95. The van der Waals surface area contributed by atoms with Crippen LogP contribution in [0, 0.1) is 24.6 Å². The van der Waals surface area contributed by atoms with Gasteiger partial charge in [0.05, 0.1) is 11.4 Å². The van der Waals surface area contributed by atoms with Crippen molar-refractivity contribution in [3.63, 3.8) is 0 Å². The van der Waals surface area contributed by atoms with Crippen molar-refractivity contribution in [3.05, 3.63) is 92.5 Å². The molecule has 1 aromatic heterocycles. The van der Waals surface area contributed by atoms with E-state index >= 15 is 0 Å². The van der Waals surface area contributed by atoms with Gasteiger partial charge in [-0.3, -0.25) is 18.7 Å². The van der Waals surface area contributed by atoms with E-state index in [4.69, 9.17) is 0 Å². The molecule has 0 aliphatic carbocycles. The van der Waals surface area contributed by atoms with Gasteiger partial charge in [-0.05, 0) is 55.5 Å². The summed E-state index contributed by atoms with van der Waals surface area (Å²) in [6.07, 6.45) is 1.20. The Kier molecular flexibility index (Phi) is 7.72. The first-order valence-corrected chi connectivity index (χ1v) is 12.4. The number of piperidine rings is 1. The van der Waals surface area contributed by atoms with E-state index in [1.165, 1.54) is 16.7 Å². The van der Waals surface area contributed by atoms with Crippen molar-refractivity contribution in [1.82, 2.24) is 14.5 Å². The Morgan fingerprint density at radius 1 is 1.03 bits per heavy atom. The summed E-state index contributed by atoms with van der Waals surface area (Å²) < 4.78 is 16.1. The van der Waals surface area contributed by atoms with E-state index in [2.05, 4.69) is 5.32 Å². The molecule has 1 aliphatic rings. The van der Waals surface area contributed by atoms with Crippen LogP contribution in [0.1, 0.15) is 37.9 Å². The number of rotatable bonds is 7. The average molecular weight is 493 g/mol. The van der Waals surface area contributed by atoms with Crippen molar-refractivity contribution in [2.24, 2.45) is 11.8 Å². The Morgan fingerprint density at radius 2 is 1.67 bits per heavy atom. The van der Waals surface area contributed by atoms with Crippen LogP contribution in [0.2, 0.25) is 0 Å². The van der Waals surface area contributed by atoms with E-state index < -0.39 is 0 Å². The standard InChI is InChI=1S/C28H33FN4O3/c1-19(2)18-32-27(35)25(20(3)33(28(32)36)24-7-5-4-6-8-24)31-15-13-22(14-16-31)26(34)30-17-21-9-11-23(29)12-10-21/h4-12,19,22H,13-18H2,1-3H3,(H,30,34). The second-order valence-corrected chi connectivity index (χ2v) is 9.80. The highest BCUT2D eigenvalue weighted by molar-refractivity contribution is 5.79. The van der Waals surface area contributed by atoms with Crippen molar-refractivity contribution >= 4 is 11.6 Å². The molecule has 8 heteroatoms. The molecule has 4 rings (SSSR count).